The summed E-state index contributed by atoms with van der Waals surface area (Å²) in [5, 5.41) is 0. The summed E-state index contributed by atoms with van der Waals surface area (Å²) in [7, 11) is 1.42. The van der Waals surface area contributed by atoms with E-state index in [4.69, 9.17) is 16.3 Å². The van der Waals surface area contributed by atoms with Crippen LogP contribution in [-0.4, -0.2) is 38.7 Å². The minimum atomic E-state index is -4.27. The molecule has 2 aromatic rings. The molecule has 116 valence electrons. The summed E-state index contributed by atoms with van der Waals surface area (Å²) >= 11 is 5.70. The van der Waals surface area contributed by atoms with Gasteiger partial charge in [-0.25, -0.2) is 9.97 Å². The fraction of sp³-hybridized carbons (Fsp3) is 0.583. The first-order valence-corrected chi connectivity index (χ1v) is 6.79. The fourth-order valence-corrected chi connectivity index (χ4v) is 2.40. The molecule has 0 saturated heterocycles. The summed E-state index contributed by atoms with van der Waals surface area (Å²) in [5.41, 5.74) is 0.660. The number of halogens is 4. The highest BCUT2D eigenvalue weighted by molar-refractivity contribution is 6.17. The zero-order valence-electron chi connectivity index (χ0n) is 11.5. The van der Waals surface area contributed by atoms with Crippen LogP contribution in [0.1, 0.15) is 25.2 Å². The Morgan fingerprint density at radius 2 is 2.10 bits per heavy atom. The van der Waals surface area contributed by atoms with E-state index in [1.165, 1.54) is 24.9 Å². The maximum Gasteiger partial charge on any atom is 0.391 e. The van der Waals surface area contributed by atoms with Crippen molar-refractivity contribution in [1.29, 1.82) is 0 Å². The number of aryl methyl sites for hydroxylation is 1. The van der Waals surface area contributed by atoms with Gasteiger partial charge in [-0.05, 0) is 6.92 Å². The van der Waals surface area contributed by atoms with E-state index in [-0.39, 0.29) is 11.8 Å². The van der Waals surface area contributed by atoms with Gasteiger partial charge < -0.3 is 9.30 Å². The van der Waals surface area contributed by atoms with E-state index < -0.39 is 18.6 Å². The van der Waals surface area contributed by atoms with Crippen LogP contribution in [0.25, 0.3) is 11.2 Å². The Bertz CT molecular complexity index is 629. The zero-order chi connectivity index (χ0) is 15.6. The number of imidazole rings is 1. The monoisotopic (exact) mass is 322 g/mol. The third-order valence-corrected chi connectivity index (χ3v) is 3.18. The van der Waals surface area contributed by atoms with Crippen LogP contribution in [0.4, 0.5) is 13.2 Å². The van der Waals surface area contributed by atoms with Crippen LogP contribution in [0.5, 0.6) is 5.88 Å². The number of ether oxygens (including phenoxy) is 1. The molecule has 9 heteroatoms. The number of methoxy groups -OCH3 is 1. The average molecular weight is 323 g/mol. The van der Waals surface area contributed by atoms with Crippen LogP contribution in [0.2, 0.25) is 0 Å². The molecule has 0 fully saturated rings. The van der Waals surface area contributed by atoms with Crippen LogP contribution in [0.3, 0.4) is 0 Å². The number of nitrogens with zero attached hydrogens (tertiary/aromatic N) is 4. The molecule has 0 saturated carbocycles. The third kappa shape index (κ3) is 3.37. The predicted molar refractivity (Wildman–Crippen MR) is 71.7 cm³/mol. The smallest absolute Gasteiger partial charge is 0.391 e. The molecule has 0 aliphatic rings. The van der Waals surface area contributed by atoms with Gasteiger partial charge in [-0.3, -0.25) is 0 Å². The molecule has 2 heterocycles. The first kappa shape index (κ1) is 15.8. The van der Waals surface area contributed by atoms with Gasteiger partial charge in [-0.1, -0.05) is 0 Å². The number of aromatic nitrogens is 4. The molecule has 0 radical (unpaired) electrons. The summed E-state index contributed by atoms with van der Waals surface area (Å²) in [5.74, 6) is 0.918. The van der Waals surface area contributed by atoms with E-state index in [2.05, 4.69) is 15.0 Å². The second-order valence-corrected chi connectivity index (χ2v) is 4.94. The fourth-order valence-electron chi connectivity index (χ4n) is 2.23. The highest BCUT2D eigenvalue weighted by Gasteiger charge is 2.32. The minimum absolute atomic E-state index is 0.230. The lowest BCUT2D eigenvalue weighted by atomic mass is 10.2. The van der Waals surface area contributed by atoms with Crippen molar-refractivity contribution in [3.8, 4) is 5.88 Å². The summed E-state index contributed by atoms with van der Waals surface area (Å²) in [6.45, 7) is 1.47. The first-order valence-electron chi connectivity index (χ1n) is 6.26. The standard InChI is InChI=1S/C12H14ClF3N4O/c1-7(5-12(14,15)16)20-8(3-4-13)19-9-10(20)17-6-18-11(9)21-2/h6-7H,3-5H2,1-2H3. The summed E-state index contributed by atoms with van der Waals surface area (Å²) in [6.07, 6.45) is -3.67. The molecular weight excluding hydrogens is 309 g/mol. The molecule has 0 amide bonds. The normalized spacial score (nSPS) is 13.6. The van der Waals surface area contributed by atoms with E-state index in [0.29, 0.717) is 23.4 Å². The second kappa shape index (κ2) is 6.05. The Morgan fingerprint density at radius 3 is 2.67 bits per heavy atom. The molecule has 0 bridgehead atoms. The lowest BCUT2D eigenvalue weighted by Crippen LogP contribution is -2.18. The Kier molecular flexibility index (Phi) is 4.55. The van der Waals surface area contributed by atoms with Crippen molar-refractivity contribution in [1.82, 2.24) is 19.5 Å². The summed E-state index contributed by atoms with van der Waals surface area (Å²) in [6, 6.07) is -0.840. The Hall–Kier alpha value is -1.57. The van der Waals surface area contributed by atoms with Crippen LogP contribution in [0, 0.1) is 0 Å². The Balaban J connectivity index is 2.56. The third-order valence-electron chi connectivity index (χ3n) is 3.00. The molecule has 0 N–H and O–H groups in total. The number of hydrogen-bond donors (Lipinski definition) is 0. The topological polar surface area (TPSA) is 52.8 Å². The number of fused-ring (bicyclic) bond motifs is 1. The SMILES string of the molecule is COc1ncnc2c1nc(CCCl)n2C(C)CC(F)(F)F. The number of alkyl halides is 4. The van der Waals surface area contributed by atoms with Gasteiger partial charge in [0.2, 0.25) is 5.88 Å². The van der Waals surface area contributed by atoms with E-state index in [0.717, 1.165) is 0 Å². The van der Waals surface area contributed by atoms with Gasteiger partial charge in [0.15, 0.2) is 11.2 Å². The highest BCUT2D eigenvalue weighted by Crippen LogP contribution is 2.32. The number of rotatable bonds is 5. The van der Waals surface area contributed by atoms with E-state index in [9.17, 15) is 13.2 Å². The molecule has 0 spiro atoms. The lowest BCUT2D eigenvalue weighted by Gasteiger charge is -2.18. The van der Waals surface area contributed by atoms with Crippen LogP contribution < -0.4 is 4.74 Å². The molecule has 0 aliphatic heterocycles. The summed E-state index contributed by atoms with van der Waals surface area (Å²) in [4.78, 5) is 12.2. The zero-order valence-corrected chi connectivity index (χ0v) is 12.2. The summed E-state index contributed by atoms with van der Waals surface area (Å²) < 4.78 is 44.5. The molecule has 1 atom stereocenters. The molecule has 5 nitrogen and oxygen atoms in total. The molecule has 2 aromatic heterocycles. The van der Waals surface area contributed by atoms with E-state index in [1.807, 2.05) is 0 Å². The predicted octanol–water partition coefficient (Wildman–Crippen LogP) is 3.13. The molecule has 2 rings (SSSR count). The Morgan fingerprint density at radius 1 is 1.38 bits per heavy atom. The van der Waals surface area contributed by atoms with Gasteiger partial charge in [0.25, 0.3) is 0 Å². The van der Waals surface area contributed by atoms with Gasteiger partial charge in [0.05, 0.1) is 13.5 Å². The first-order chi connectivity index (χ1) is 9.87. The van der Waals surface area contributed by atoms with Gasteiger partial charge in [0, 0.05) is 18.3 Å². The van der Waals surface area contributed by atoms with Crippen molar-refractivity contribution < 1.29 is 17.9 Å². The number of hydrogen-bond acceptors (Lipinski definition) is 4. The van der Waals surface area contributed by atoms with Gasteiger partial charge in [-0.2, -0.15) is 18.2 Å². The average Bonchev–Trinajstić information content (AvgIpc) is 2.75. The Labute approximate surface area is 124 Å². The van der Waals surface area contributed by atoms with Crippen molar-refractivity contribution >= 4 is 22.8 Å². The highest BCUT2D eigenvalue weighted by atomic mass is 35.5. The van der Waals surface area contributed by atoms with Crippen molar-refractivity contribution in [3.63, 3.8) is 0 Å². The van der Waals surface area contributed by atoms with Crippen molar-refractivity contribution in [3.05, 3.63) is 12.2 Å². The molecule has 1 unspecified atom stereocenters. The molecule has 0 aromatic carbocycles. The molecule has 21 heavy (non-hydrogen) atoms. The van der Waals surface area contributed by atoms with Gasteiger partial charge in [0.1, 0.15) is 12.2 Å². The van der Waals surface area contributed by atoms with E-state index in [1.54, 1.807) is 0 Å². The van der Waals surface area contributed by atoms with Crippen LogP contribution in [0.15, 0.2) is 6.33 Å². The van der Waals surface area contributed by atoms with Gasteiger partial charge in [-0.15, -0.1) is 11.6 Å². The van der Waals surface area contributed by atoms with E-state index >= 15 is 0 Å². The van der Waals surface area contributed by atoms with Crippen molar-refractivity contribution in [2.75, 3.05) is 13.0 Å². The van der Waals surface area contributed by atoms with Crippen molar-refractivity contribution in [2.45, 2.75) is 32.0 Å². The molecular formula is C12H14ClF3N4O. The van der Waals surface area contributed by atoms with Crippen LogP contribution in [-0.2, 0) is 6.42 Å². The quantitative estimate of drug-likeness (QED) is 0.794. The molecule has 0 aliphatic carbocycles. The van der Waals surface area contributed by atoms with Crippen molar-refractivity contribution in [2.24, 2.45) is 0 Å². The van der Waals surface area contributed by atoms with Crippen LogP contribution >= 0.6 is 11.6 Å². The largest absolute Gasteiger partial charge is 0.479 e. The van der Waals surface area contributed by atoms with Gasteiger partial charge >= 0.3 is 6.18 Å². The lowest BCUT2D eigenvalue weighted by molar-refractivity contribution is -0.141. The second-order valence-electron chi connectivity index (χ2n) is 4.56. The minimum Gasteiger partial charge on any atom is -0.479 e. The maximum atomic E-state index is 12.6. The maximum absolute atomic E-state index is 12.6.